The molecule has 0 saturated carbocycles. The van der Waals surface area contributed by atoms with Crippen molar-refractivity contribution < 1.29 is 19.4 Å². The number of nitrogens with one attached hydrogen (secondary N) is 1. The molecule has 0 aliphatic carbocycles. The smallest absolute Gasteiger partial charge is 0.407 e. The van der Waals surface area contributed by atoms with Gasteiger partial charge in [0.15, 0.2) is 0 Å². The fourth-order valence-corrected chi connectivity index (χ4v) is 3.99. The number of aliphatic hydroxyl groups is 1. The molecule has 0 spiro atoms. The molecule has 1 amide bonds. The second kappa shape index (κ2) is 26.4. The number of alkyl carbamates (subject to hydrolysis) is 1. The van der Waals surface area contributed by atoms with Crippen molar-refractivity contribution in [2.75, 3.05) is 26.9 Å². The molecule has 0 rings (SSSR count). The van der Waals surface area contributed by atoms with Gasteiger partial charge in [-0.3, -0.25) is 0 Å². The summed E-state index contributed by atoms with van der Waals surface area (Å²) in [5.74, 6) is 0. The van der Waals surface area contributed by atoms with Crippen LogP contribution in [0.4, 0.5) is 4.79 Å². The SMILES string of the molecule is CCCCCCCCCCCCCCCCCCCCCCNC(=O)OCC(CO)OC. The third kappa shape index (κ3) is 23.8. The van der Waals surface area contributed by atoms with E-state index in [9.17, 15) is 4.79 Å². The van der Waals surface area contributed by atoms with Crippen molar-refractivity contribution in [3.63, 3.8) is 0 Å². The second-order valence-electron chi connectivity index (χ2n) is 9.28. The lowest BCUT2D eigenvalue weighted by molar-refractivity contribution is 0.00177. The Morgan fingerprint density at radius 2 is 1.06 bits per heavy atom. The number of amides is 1. The van der Waals surface area contributed by atoms with E-state index in [1.54, 1.807) is 0 Å². The molecule has 0 aliphatic heterocycles. The minimum absolute atomic E-state index is 0.0814. The van der Waals surface area contributed by atoms with E-state index in [-0.39, 0.29) is 13.2 Å². The molecule has 0 radical (unpaired) electrons. The standard InChI is InChI=1S/C27H55NO4/c1-3-4-5-6-7-8-9-10-11-12-13-14-15-16-17-18-19-20-21-22-23-28-27(30)32-25-26(24-29)31-2/h26,29H,3-25H2,1-2H3,(H,28,30). The topological polar surface area (TPSA) is 67.8 Å². The molecule has 192 valence electrons. The van der Waals surface area contributed by atoms with Crippen LogP contribution < -0.4 is 5.32 Å². The van der Waals surface area contributed by atoms with Gasteiger partial charge in [-0.25, -0.2) is 4.79 Å². The summed E-state index contributed by atoms with van der Waals surface area (Å²) in [6.07, 6.45) is 26.5. The fourth-order valence-electron chi connectivity index (χ4n) is 3.99. The monoisotopic (exact) mass is 457 g/mol. The van der Waals surface area contributed by atoms with Gasteiger partial charge in [0, 0.05) is 13.7 Å². The van der Waals surface area contributed by atoms with Gasteiger partial charge in [-0.15, -0.1) is 0 Å². The molecule has 1 unspecified atom stereocenters. The van der Waals surface area contributed by atoms with Crippen LogP contribution >= 0.6 is 0 Å². The van der Waals surface area contributed by atoms with Crippen molar-refractivity contribution in [1.82, 2.24) is 5.32 Å². The zero-order valence-corrected chi connectivity index (χ0v) is 21.5. The molecule has 5 heteroatoms. The maximum atomic E-state index is 11.5. The van der Waals surface area contributed by atoms with E-state index in [1.165, 1.54) is 123 Å². The number of rotatable bonds is 25. The predicted molar refractivity (Wildman–Crippen MR) is 135 cm³/mol. The van der Waals surface area contributed by atoms with Crippen LogP contribution in [0.5, 0.6) is 0 Å². The van der Waals surface area contributed by atoms with E-state index in [1.807, 2.05) is 0 Å². The van der Waals surface area contributed by atoms with Crippen LogP contribution in [0.1, 0.15) is 135 Å². The van der Waals surface area contributed by atoms with Crippen molar-refractivity contribution in [1.29, 1.82) is 0 Å². The summed E-state index contributed by atoms with van der Waals surface area (Å²) in [7, 11) is 1.49. The van der Waals surface area contributed by atoms with E-state index < -0.39 is 12.2 Å². The zero-order valence-electron chi connectivity index (χ0n) is 21.5. The van der Waals surface area contributed by atoms with Crippen molar-refractivity contribution >= 4 is 6.09 Å². The number of carbonyl (C=O) groups excluding carboxylic acids is 1. The molecule has 0 aromatic carbocycles. The van der Waals surface area contributed by atoms with Gasteiger partial charge < -0.3 is 19.9 Å². The highest BCUT2D eigenvalue weighted by molar-refractivity contribution is 5.67. The lowest BCUT2D eigenvalue weighted by Gasteiger charge is -2.12. The number of unbranched alkanes of at least 4 members (excludes halogenated alkanes) is 19. The zero-order chi connectivity index (χ0) is 23.5. The highest BCUT2D eigenvalue weighted by Gasteiger charge is 2.09. The second-order valence-corrected chi connectivity index (χ2v) is 9.28. The Morgan fingerprint density at radius 3 is 1.41 bits per heavy atom. The highest BCUT2D eigenvalue weighted by atomic mass is 16.6. The summed E-state index contributed by atoms with van der Waals surface area (Å²) in [5, 5.41) is 11.7. The first-order valence-corrected chi connectivity index (χ1v) is 13.8. The van der Waals surface area contributed by atoms with Crippen molar-refractivity contribution in [3.8, 4) is 0 Å². The van der Waals surface area contributed by atoms with E-state index in [2.05, 4.69) is 12.2 Å². The van der Waals surface area contributed by atoms with Gasteiger partial charge in [0.1, 0.15) is 12.7 Å². The van der Waals surface area contributed by atoms with Gasteiger partial charge in [0.05, 0.1) is 6.61 Å². The molecular weight excluding hydrogens is 402 g/mol. The predicted octanol–water partition coefficient (Wildman–Crippen LogP) is 7.54. The number of carbonyl (C=O) groups is 1. The Hall–Kier alpha value is -0.810. The average molecular weight is 458 g/mol. The Morgan fingerprint density at radius 1 is 0.688 bits per heavy atom. The third-order valence-corrected chi connectivity index (χ3v) is 6.24. The first kappa shape index (κ1) is 31.2. The summed E-state index contributed by atoms with van der Waals surface area (Å²) >= 11 is 0. The number of aliphatic hydroxyl groups excluding tert-OH is 1. The molecule has 32 heavy (non-hydrogen) atoms. The van der Waals surface area contributed by atoms with E-state index in [0.717, 1.165) is 12.8 Å². The summed E-state index contributed by atoms with van der Waals surface area (Å²) in [5.41, 5.74) is 0. The van der Waals surface area contributed by atoms with Gasteiger partial charge >= 0.3 is 6.09 Å². The van der Waals surface area contributed by atoms with Gasteiger partial charge in [-0.1, -0.05) is 129 Å². The van der Waals surface area contributed by atoms with Crippen molar-refractivity contribution in [2.45, 2.75) is 141 Å². The molecule has 0 fully saturated rings. The molecule has 2 N–H and O–H groups in total. The van der Waals surface area contributed by atoms with Crippen molar-refractivity contribution in [2.24, 2.45) is 0 Å². The Kier molecular flexibility index (Phi) is 25.8. The molecular formula is C27H55NO4. The fraction of sp³-hybridized carbons (Fsp3) is 0.963. The van der Waals surface area contributed by atoms with E-state index in [4.69, 9.17) is 14.6 Å². The first-order chi connectivity index (χ1) is 15.7. The first-order valence-electron chi connectivity index (χ1n) is 13.8. The molecule has 0 bridgehead atoms. The Bertz CT molecular complexity index is 375. The maximum absolute atomic E-state index is 11.5. The largest absolute Gasteiger partial charge is 0.447 e. The molecule has 0 heterocycles. The van der Waals surface area contributed by atoms with E-state index >= 15 is 0 Å². The number of ether oxygens (including phenoxy) is 2. The number of methoxy groups -OCH3 is 1. The Balaban J connectivity index is 3.14. The van der Waals surface area contributed by atoms with Crippen LogP contribution in [-0.4, -0.2) is 44.2 Å². The summed E-state index contributed by atoms with van der Waals surface area (Å²) < 4.78 is 9.94. The summed E-state index contributed by atoms with van der Waals surface area (Å²) in [4.78, 5) is 11.5. The number of hydrogen-bond donors (Lipinski definition) is 2. The summed E-state index contributed by atoms with van der Waals surface area (Å²) in [6, 6.07) is 0. The number of hydrogen-bond acceptors (Lipinski definition) is 4. The lowest BCUT2D eigenvalue weighted by Crippen LogP contribution is -2.30. The Labute approximate surface area is 199 Å². The molecule has 0 saturated heterocycles. The van der Waals surface area contributed by atoms with Gasteiger partial charge in [0.2, 0.25) is 0 Å². The maximum Gasteiger partial charge on any atom is 0.407 e. The quantitative estimate of drug-likeness (QED) is 0.139. The normalized spacial score (nSPS) is 12.1. The van der Waals surface area contributed by atoms with Crippen LogP contribution in [0, 0.1) is 0 Å². The van der Waals surface area contributed by atoms with Crippen LogP contribution in [0.15, 0.2) is 0 Å². The van der Waals surface area contributed by atoms with E-state index in [0.29, 0.717) is 6.54 Å². The molecule has 5 nitrogen and oxygen atoms in total. The average Bonchev–Trinajstić information content (AvgIpc) is 2.80. The van der Waals surface area contributed by atoms with Crippen LogP contribution in [0.3, 0.4) is 0 Å². The van der Waals surface area contributed by atoms with Gasteiger partial charge in [-0.05, 0) is 6.42 Å². The molecule has 0 aromatic heterocycles. The summed E-state index contributed by atoms with van der Waals surface area (Å²) in [6.45, 7) is 2.86. The third-order valence-electron chi connectivity index (χ3n) is 6.24. The van der Waals surface area contributed by atoms with Crippen LogP contribution in [0.2, 0.25) is 0 Å². The minimum Gasteiger partial charge on any atom is -0.447 e. The molecule has 1 atom stereocenters. The molecule has 0 aliphatic rings. The highest BCUT2D eigenvalue weighted by Crippen LogP contribution is 2.14. The van der Waals surface area contributed by atoms with Gasteiger partial charge in [-0.2, -0.15) is 0 Å². The van der Waals surface area contributed by atoms with Crippen molar-refractivity contribution in [3.05, 3.63) is 0 Å². The molecule has 0 aromatic rings. The van der Waals surface area contributed by atoms with Crippen LogP contribution in [-0.2, 0) is 9.47 Å². The van der Waals surface area contributed by atoms with Crippen LogP contribution in [0.25, 0.3) is 0 Å². The minimum atomic E-state index is -0.444. The lowest BCUT2D eigenvalue weighted by atomic mass is 10.0. The van der Waals surface area contributed by atoms with Gasteiger partial charge in [0.25, 0.3) is 0 Å².